The van der Waals surface area contributed by atoms with E-state index in [2.05, 4.69) is 18.8 Å². The van der Waals surface area contributed by atoms with Crippen LogP contribution in [0.25, 0.3) is 10.9 Å². The molecule has 0 aliphatic heterocycles. The lowest BCUT2D eigenvalue weighted by Crippen LogP contribution is -2.16. The summed E-state index contributed by atoms with van der Waals surface area (Å²) in [7, 11) is 3.96. The second kappa shape index (κ2) is 4.48. The number of fused-ring (bicyclic) bond motifs is 1. The first-order chi connectivity index (χ1) is 8.41. The highest BCUT2D eigenvalue weighted by atomic mass is 16.1. The number of pyridine rings is 1. The van der Waals surface area contributed by atoms with E-state index in [1.807, 2.05) is 44.1 Å². The highest BCUT2D eigenvalue weighted by molar-refractivity contribution is 5.83. The Morgan fingerprint density at radius 3 is 2.44 bits per heavy atom. The van der Waals surface area contributed by atoms with E-state index in [-0.39, 0.29) is 11.3 Å². The van der Waals surface area contributed by atoms with Crippen LogP contribution in [0.4, 0.5) is 5.69 Å². The third kappa shape index (κ3) is 2.01. The molecule has 1 N–H and O–H groups in total. The molecular weight excluding hydrogens is 224 g/mol. The first-order valence-electron chi connectivity index (χ1n) is 6.25. The van der Waals surface area contributed by atoms with Crippen LogP contribution in [0.1, 0.15) is 31.0 Å². The Balaban J connectivity index is 2.81. The topological polar surface area (TPSA) is 36.1 Å². The van der Waals surface area contributed by atoms with Gasteiger partial charge >= 0.3 is 0 Å². The Kier molecular flexibility index (Phi) is 3.16. The van der Waals surface area contributed by atoms with Crippen molar-refractivity contribution in [3.05, 3.63) is 39.7 Å². The number of nitrogens with zero attached hydrogens (tertiary/aromatic N) is 1. The number of benzene rings is 1. The summed E-state index contributed by atoms with van der Waals surface area (Å²) < 4.78 is 0. The molecular formula is C15H20N2O. The van der Waals surface area contributed by atoms with E-state index in [0.29, 0.717) is 0 Å². The molecule has 1 aromatic heterocycles. The second-order valence-corrected chi connectivity index (χ2v) is 5.27. The van der Waals surface area contributed by atoms with E-state index in [1.165, 1.54) is 0 Å². The average molecular weight is 244 g/mol. The van der Waals surface area contributed by atoms with Crippen LogP contribution in [0.5, 0.6) is 0 Å². The molecule has 0 bridgehead atoms. The van der Waals surface area contributed by atoms with Crippen LogP contribution in [-0.4, -0.2) is 19.1 Å². The van der Waals surface area contributed by atoms with Crippen LogP contribution < -0.4 is 10.3 Å². The highest BCUT2D eigenvalue weighted by Crippen LogP contribution is 2.21. The number of nitrogens with one attached hydrogen (secondary N) is 1. The summed E-state index contributed by atoms with van der Waals surface area (Å²) in [4.78, 5) is 17.9. The molecule has 0 amide bonds. The molecule has 0 saturated carbocycles. The summed E-state index contributed by atoms with van der Waals surface area (Å²) in [5.41, 5.74) is 3.97. The molecule has 2 aromatic rings. The number of aromatic nitrogens is 1. The number of H-pyrrole nitrogens is 1. The van der Waals surface area contributed by atoms with E-state index in [9.17, 15) is 4.79 Å². The van der Waals surface area contributed by atoms with Crippen molar-refractivity contribution >= 4 is 16.6 Å². The summed E-state index contributed by atoms with van der Waals surface area (Å²) in [6.45, 7) is 6.08. The molecule has 3 heteroatoms. The van der Waals surface area contributed by atoms with Crippen molar-refractivity contribution in [2.24, 2.45) is 0 Å². The molecule has 3 nitrogen and oxygen atoms in total. The Hall–Kier alpha value is -1.77. The van der Waals surface area contributed by atoms with Crippen molar-refractivity contribution in [2.75, 3.05) is 19.0 Å². The lowest BCUT2D eigenvalue weighted by Gasteiger charge is -2.15. The summed E-state index contributed by atoms with van der Waals surface area (Å²) in [6, 6.07) is 5.95. The zero-order valence-electron chi connectivity index (χ0n) is 11.7. The fourth-order valence-corrected chi connectivity index (χ4v) is 2.39. The minimum atomic E-state index is 0.153. The molecule has 96 valence electrons. The van der Waals surface area contributed by atoms with Crippen molar-refractivity contribution in [3.8, 4) is 0 Å². The highest BCUT2D eigenvalue weighted by Gasteiger charge is 2.12. The fourth-order valence-electron chi connectivity index (χ4n) is 2.39. The van der Waals surface area contributed by atoms with Crippen molar-refractivity contribution < 1.29 is 0 Å². The zero-order chi connectivity index (χ0) is 13.4. The second-order valence-electron chi connectivity index (χ2n) is 5.27. The van der Waals surface area contributed by atoms with Crippen LogP contribution in [0.15, 0.2) is 23.0 Å². The van der Waals surface area contributed by atoms with Crippen molar-refractivity contribution in [1.29, 1.82) is 0 Å². The largest absolute Gasteiger partial charge is 0.378 e. The first-order valence-corrected chi connectivity index (χ1v) is 6.25. The lowest BCUT2D eigenvalue weighted by atomic mass is 9.99. The average Bonchev–Trinajstić information content (AvgIpc) is 2.27. The van der Waals surface area contributed by atoms with Gasteiger partial charge in [-0.25, -0.2) is 0 Å². The molecule has 0 spiro atoms. The maximum Gasteiger partial charge on any atom is 0.193 e. The van der Waals surface area contributed by atoms with Crippen LogP contribution >= 0.6 is 0 Å². The van der Waals surface area contributed by atoms with E-state index < -0.39 is 0 Å². The molecule has 0 atom stereocenters. The standard InChI is InChI=1S/C15H20N2O/c1-9(2)14-10(3)16-13-7-6-11(17(4)5)8-12(13)15(14)18/h6-9H,1-5H3,(H,16,18). The van der Waals surface area contributed by atoms with Gasteiger partial charge in [0.2, 0.25) is 0 Å². The number of hydrogen-bond donors (Lipinski definition) is 1. The third-order valence-corrected chi connectivity index (χ3v) is 3.31. The van der Waals surface area contributed by atoms with Gasteiger partial charge in [-0.3, -0.25) is 4.79 Å². The van der Waals surface area contributed by atoms with Crippen LogP contribution in [-0.2, 0) is 0 Å². The van der Waals surface area contributed by atoms with Crippen LogP contribution in [0, 0.1) is 6.92 Å². The van der Waals surface area contributed by atoms with Crippen LogP contribution in [0.2, 0.25) is 0 Å². The first kappa shape index (κ1) is 12.7. The van der Waals surface area contributed by atoms with E-state index in [4.69, 9.17) is 0 Å². The molecule has 0 fully saturated rings. The van der Waals surface area contributed by atoms with Crippen LogP contribution in [0.3, 0.4) is 0 Å². The molecule has 0 unspecified atom stereocenters. The van der Waals surface area contributed by atoms with E-state index in [1.54, 1.807) is 0 Å². The molecule has 0 aliphatic carbocycles. The monoisotopic (exact) mass is 244 g/mol. The Bertz CT molecular complexity index is 639. The molecule has 0 saturated heterocycles. The maximum absolute atomic E-state index is 12.5. The molecule has 0 radical (unpaired) electrons. The number of aromatic amines is 1. The van der Waals surface area contributed by atoms with Gasteiger partial charge in [0.15, 0.2) is 5.43 Å². The number of anilines is 1. The Labute approximate surface area is 107 Å². The summed E-state index contributed by atoms with van der Waals surface area (Å²) in [6.07, 6.45) is 0. The molecule has 0 aliphatic rings. The van der Waals surface area contributed by atoms with E-state index >= 15 is 0 Å². The van der Waals surface area contributed by atoms with Gasteiger partial charge in [-0.05, 0) is 31.0 Å². The van der Waals surface area contributed by atoms with Crippen molar-refractivity contribution in [1.82, 2.24) is 4.98 Å². The molecule has 1 aromatic carbocycles. The molecule has 1 heterocycles. The zero-order valence-corrected chi connectivity index (χ0v) is 11.7. The summed E-state index contributed by atoms with van der Waals surface area (Å²) >= 11 is 0. The van der Waals surface area contributed by atoms with Gasteiger partial charge in [-0.15, -0.1) is 0 Å². The lowest BCUT2D eigenvalue weighted by molar-refractivity contribution is 0.839. The van der Waals surface area contributed by atoms with Gasteiger partial charge in [0, 0.05) is 41.9 Å². The summed E-state index contributed by atoms with van der Waals surface area (Å²) in [5, 5.41) is 0.774. The van der Waals surface area contributed by atoms with Crippen molar-refractivity contribution in [2.45, 2.75) is 26.7 Å². The Morgan fingerprint density at radius 2 is 1.89 bits per heavy atom. The fraction of sp³-hybridized carbons (Fsp3) is 0.400. The summed E-state index contributed by atoms with van der Waals surface area (Å²) in [5.74, 6) is 0.237. The van der Waals surface area contributed by atoms with Gasteiger partial charge < -0.3 is 9.88 Å². The van der Waals surface area contributed by atoms with E-state index in [0.717, 1.165) is 27.8 Å². The number of hydrogen-bond acceptors (Lipinski definition) is 2. The molecule has 18 heavy (non-hydrogen) atoms. The normalized spacial score (nSPS) is 11.2. The van der Waals surface area contributed by atoms with Gasteiger partial charge in [0.05, 0.1) is 0 Å². The maximum atomic E-state index is 12.5. The predicted molar refractivity (Wildman–Crippen MR) is 77.7 cm³/mol. The number of rotatable bonds is 2. The Morgan fingerprint density at radius 1 is 1.22 bits per heavy atom. The minimum absolute atomic E-state index is 0.153. The minimum Gasteiger partial charge on any atom is -0.378 e. The predicted octanol–water partition coefficient (Wildman–Crippen LogP) is 3.03. The quantitative estimate of drug-likeness (QED) is 0.881. The smallest absolute Gasteiger partial charge is 0.193 e. The molecule has 2 rings (SSSR count). The van der Waals surface area contributed by atoms with Gasteiger partial charge in [0.1, 0.15) is 0 Å². The van der Waals surface area contributed by atoms with Gasteiger partial charge in [-0.1, -0.05) is 13.8 Å². The third-order valence-electron chi connectivity index (χ3n) is 3.31. The van der Waals surface area contributed by atoms with Gasteiger partial charge in [-0.2, -0.15) is 0 Å². The number of aryl methyl sites for hydroxylation is 1. The van der Waals surface area contributed by atoms with Gasteiger partial charge in [0.25, 0.3) is 0 Å². The van der Waals surface area contributed by atoms with Crippen molar-refractivity contribution in [3.63, 3.8) is 0 Å². The SMILES string of the molecule is Cc1[nH]c2ccc(N(C)C)cc2c(=O)c1C(C)C.